The van der Waals surface area contributed by atoms with Gasteiger partial charge in [0, 0.05) is 24.9 Å². The fraction of sp³-hybridized carbons (Fsp3) is 0.929. The van der Waals surface area contributed by atoms with E-state index < -0.39 is 0 Å². The maximum atomic E-state index is 12.2. The Balaban J connectivity index is 2.32. The van der Waals surface area contributed by atoms with Gasteiger partial charge in [-0.15, -0.1) is 11.6 Å². The van der Waals surface area contributed by atoms with E-state index in [-0.39, 0.29) is 11.9 Å². The molecule has 0 aromatic heterocycles. The van der Waals surface area contributed by atoms with Gasteiger partial charge in [-0.1, -0.05) is 12.8 Å². The highest BCUT2D eigenvalue weighted by Gasteiger charge is 2.23. The molecule has 106 valence electrons. The van der Waals surface area contributed by atoms with Gasteiger partial charge in [0.1, 0.15) is 0 Å². The van der Waals surface area contributed by atoms with Crippen molar-refractivity contribution in [1.82, 2.24) is 4.90 Å². The van der Waals surface area contributed by atoms with Crippen LogP contribution in [0.1, 0.15) is 46.0 Å². The molecule has 0 heterocycles. The molecule has 0 aliphatic heterocycles. The van der Waals surface area contributed by atoms with E-state index in [0.29, 0.717) is 38.0 Å². The third-order valence-corrected chi connectivity index (χ3v) is 3.73. The van der Waals surface area contributed by atoms with Gasteiger partial charge in [-0.25, -0.2) is 0 Å². The summed E-state index contributed by atoms with van der Waals surface area (Å²) in [5.41, 5.74) is 0. The summed E-state index contributed by atoms with van der Waals surface area (Å²) in [7, 11) is 0. The predicted molar refractivity (Wildman–Crippen MR) is 75.0 cm³/mol. The van der Waals surface area contributed by atoms with Crippen LogP contribution in [0.4, 0.5) is 0 Å². The Morgan fingerprint density at radius 3 is 2.56 bits per heavy atom. The van der Waals surface area contributed by atoms with E-state index in [2.05, 4.69) is 13.8 Å². The fourth-order valence-electron chi connectivity index (χ4n) is 2.57. The van der Waals surface area contributed by atoms with Crippen molar-refractivity contribution in [3.05, 3.63) is 0 Å². The summed E-state index contributed by atoms with van der Waals surface area (Å²) < 4.78 is 5.36. The zero-order chi connectivity index (χ0) is 13.4. The van der Waals surface area contributed by atoms with Gasteiger partial charge in [0.25, 0.3) is 0 Å². The highest BCUT2D eigenvalue weighted by molar-refractivity contribution is 6.17. The van der Waals surface area contributed by atoms with Crippen LogP contribution in [0.3, 0.4) is 0 Å². The lowest BCUT2D eigenvalue weighted by Crippen LogP contribution is -2.40. The van der Waals surface area contributed by atoms with Gasteiger partial charge >= 0.3 is 0 Å². The van der Waals surface area contributed by atoms with Crippen molar-refractivity contribution in [3.8, 4) is 0 Å². The Hall–Kier alpha value is -0.280. The molecule has 1 aliphatic rings. The molecule has 1 saturated carbocycles. The molecule has 0 aromatic carbocycles. The Kier molecular flexibility index (Phi) is 7.68. The Bertz CT molecular complexity index is 240. The molecule has 0 saturated heterocycles. The van der Waals surface area contributed by atoms with E-state index in [1.54, 1.807) is 0 Å². The first-order valence-electron chi connectivity index (χ1n) is 7.08. The minimum Gasteiger partial charge on any atom is -0.378 e. The first-order valence-corrected chi connectivity index (χ1v) is 7.61. The van der Waals surface area contributed by atoms with E-state index >= 15 is 0 Å². The van der Waals surface area contributed by atoms with Crippen molar-refractivity contribution in [1.29, 1.82) is 0 Å². The standard InChI is InChI=1S/C14H26ClNO2/c1-12(2)16(8-10-18-9-7-15)14(17)11-13-5-3-4-6-13/h12-13H,3-11H2,1-2H3. The predicted octanol–water partition coefficient (Wildman–Crippen LogP) is 3.06. The fourth-order valence-corrected chi connectivity index (χ4v) is 2.68. The number of rotatable bonds is 8. The van der Waals surface area contributed by atoms with Crippen LogP contribution in [0.2, 0.25) is 0 Å². The zero-order valence-electron chi connectivity index (χ0n) is 11.7. The molecule has 0 radical (unpaired) electrons. The molecule has 1 rings (SSSR count). The lowest BCUT2D eigenvalue weighted by Gasteiger charge is -2.28. The molecule has 3 nitrogen and oxygen atoms in total. The number of nitrogens with zero attached hydrogens (tertiary/aromatic N) is 1. The molecule has 18 heavy (non-hydrogen) atoms. The second-order valence-corrected chi connectivity index (χ2v) is 5.71. The lowest BCUT2D eigenvalue weighted by molar-refractivity contribution is -0.134. The molecule has 0 aromatic rings. The summed E-state index contributed by atoms with van der Waals surface area (Å²) in [6.45, 7) is 5.95. The van der Waals surface area contributed by atoms with Crippen molar-refractivity contribution in [2.24, 2.45) is 5.92 Å². The number of amides is 1. The van der Waals surface area contributed by atoms with E-state index in [4.69, 9.17) is 16.3 Å². The van der Waals surface area contributed by atoms with Gasteiger partial charge in [0.15, 0.2) is 0 Å². The summed E-state index contributed by atoms with van der Waals surface area (Å²) >= 11 is 5.55. The third-order valence-electron chi connectivity index (χ3n) is 3.58. The number of halogens is 1. The first kappa shape index (κ1) is 15.8. The maximum absolute atomic E-state index is 12.2. The summed E-state index contributed by atoms with van der Waals surface area (Å²) in [5, 5.41) is 0. The summed E-state index contributed by atoms with van der Waals surface area (Å²) in [4.78, 5) is 14.2. The van der Waals surface area contributed by atoms with Gasteiger partial charge in [-0.3, -0.25) is 4.79 Å². The van der Waals surface area contributed by atoms with Crippen molar-refractivity contribution in [2.45, 2.75) is 52.0 Å². The van der Waals surface area contributed by atoms with Crippen LogP contribution >= 0.6 is 11.6 Å². The van der Waals surface area contributed by atoms with Crippen molar-refractivity contribution in [2.75, 3.05) is 25.6 Å². The molecule has 1 fully saturated rings. The van der Waals surface area contributed by atoms with Gasteiger partial charge < -0.3 is 9.64 Å². The molecular formula is C14H26ClNO2. The number of carbonyl (C=O) groups excluding carboxylic acids is 1. The van der Waals surface area contributed by atoms with Crippen molar-refractivity contribution in [3.63, 3.8) is 0 Å². The smallest absolute Gasteiger partial charge is 0.223 e. The number of ether oxygens (including phenoxy) is 1. The van der Waals surface area contributed by atoms with E-state index in [0.717, 1.165) is 0 Å². The number of alkyl halides is 1. The molecule has 1 aliphatic carbocycles. The number of carbonyl (C=O) groups is 1. The molecule has 0 unspecified atom stereocenters. The quantitative estimate of drug-likeness (QED) is 0.503. The van der Waals surface area contributed by atoms with Crippen molar-refractivity contribution < 1.29 is 9.53 Å². The van der Waals surface area contributed by atoms with E-state index in [1.165, 1.54) is 25.7 Å². The van der Waals surface area contributed by atoms with Crippen LogP contribution in [0.25, 0.3) is 0 Å². The minimum absolute atomic E-state index is 0.249. The van der Waals surface area contributed by atoms with E-state index in [9.17, 15) is 4.79 Å². The largest absolute Gasteiger partial charge is 0.378 e. The average Bonchev–Trinajstić information content (AvgIpc) is 2.81. The number of hydrogen-bond acceptors (Lipinski definition) is 2. The first-order chi connectivity index (χ1) is 8.65. The average molecular weight is 276 g/mol. The molecule has 0 bridgehead atoms. The SMILES string of the molecule is CC(C)N(CCOCCCl)C(=O)CC1CCCC1. The highest BCUT2D eigenvalue weighted by atomic mass is 35.5. The zero-order valence-corrected chi connectivity index (χ0v) is 12.4. The van der Waals surface area contributed by atoms with Crippen LogP contribution in [0.15, 0.2) is 0 Å². The molecule has 0 spiro atoms. The second-order valence-electron chi connectivity index (χ2n) is 5.34. The third kappa shape index (κ3) is 5.57. The molecule has 0 N–H and O–H groups in total. The number of hydrogen-bond donors (Lipinski definition) is 0. The summed E-state index contributed by atoms with van der Waals surface area (Å²) in [6, 6.07) is 0.249. The van der Waals surface area contributed by atoms with E-state index in [1.807, 2.05) is 4.90 Å². The lowest BCUT2D eigenvalue weighted by atomic mass is 10.0. The summed E-state index contributed by atoms with van der Waals surface area (Å²) in [6.07, 6.45) is 5.74. The Morgan fingerprint density at radius 1 is 1.33 bits per heavy atom. The normalized spacial score (nSPS) is 16.4. The highest BCUT2D eigenvalue weighted by Crippen LogP contribution is 2.28. The van der Waals surface area contributed by atoms with Crippen LogP contribution in [0, 0.1) is 5.92 Å². The second kappa shape index (κ2) is 8.76. The van der Waals surface area contributed by atoms with Gasteiger partial charge in [0.05, 0.1) is 13.2 Å². The maximum Gasteiger partial charge on any atom is 0.223 e. The van der Waals surface area contributed by atoms with Crippen molar-refractivity contribution >= 4 is 17.5 Å². The van der Waals surface area contributed by atoms with Gasteiger partial charge in [0.2, 0.25) is 5.91 Å². The molecule has 4 heteroatoms. The Morgan fingerprint density at radius 2 is 2.00 bits per heavy atom. The summed E-state index contributed by atoms with van der Waals surface area (Å²) in [5.74, 6) is 1.41. The molecule has 1 amide bonds. The van der Waals surface area contributed by atoms with Crippen LogP contribution < -0.4 is 0 Å². The topological polar surface area (TPSA) is 29.5 Å². The van der Waals surface area contributed by atoms with Crippen LogP contribution in [-0.4, -0.2) is 42.5 Å². The van der Waals surface area contributed by atoms with Gasteiger partial charge in [-0.2, -0.15) is 0 Å². The molecule has 0 atom stereocenters. The van der Waals surface area contributed by atoms with Crippen LogP contribution in [0.5, 0.6) is 0 Å². The molecular weight excluding hydrogens is 250 g/mol. The monoisotopic (exact) mass is 275 g/mol. The van der Waals surface area contributed by atoms with Gasteiger partial charge in [-0.05, 0) is 32.6 Å². The minimum atomic E-state index is 0.249. The van der Waals surface area contributed by atoms with Crippen LogP contribution in [-0.2, 0) is 9.53 Å². The Labute approximate surface area is 116 Å².